The van der Waals surface area contributed by atoms with E-state index in [0.717, 1.165) is 0 Å². The molecule has 0 aromatic heterocycles. The van der Waals surface area contributed by atoms with Gasteiger partial charge in [0, 0.05) is 25.8 Å². The Hall–Kier alpha value is -2.79. The number of ether oxygens (including phenoxy) is 3. The first kappa shape index (κ1) is 19.3. The van der Waals surface area contributed by atoms with E-state index in [1.54, 1.807) is 6.07 Å². The highest BCUT2D eigenvalue weighted by Gasteiger charge is 2.11. The van der Waals surface area contributed by atoms with Gasteiger partial charge in [-0.05, 0) is 25.5 Å². The van der Waals surface area contributed by atoms with Crippen molar-refractivity contribution < 1.29 is 23.8 Å². The summed E-state index contributed by atoms with van der Waals surface area (Å²) in [5, 5.41) is 13.5. The number of hydrogen-bond donors (Lipinski definition) is 2. The second-order valence-corrected chi connectivity index (χ2v) is 4.62. The Morgan fingerprint density at radius 2 is 2.08 bits per heavy atom. The lowest BCUT2D eigenvalue weighted by atomic mass is 10.2. The summed E-state index contributed by atoms with van der Waals surface area (Å²) in [5.74, 6) is 0.0507. The van der Waals surface area contributed by atoms with Crippen molar-refractivity contribution in [2.24, 2.45) is 0 Å². The van der Waals surface area contributed by atoms with Gasteiger partial charge in [-0.25, -0.2) is 4.79 Å². The topological polar surface area (TPSA) is 110 Å². The van der Waals surface area contributed by atoms with Crippen LogP contribution in [0.15, 0.2) is 18.2 Å². The van der Waals surface area contributed by atoms with Crippen LogP contribution in [0.2, 0.25) is 0 Å². The SMILES string of the molecule is CCOCCCNC(=O)NC(=O)COc1ccc(C#N)cc1OC. The van der Waals surface area contributed by atoms with Crippen LogP contribution in [-0.2, 0) is 9.53 Å². The maximum absolute atomic E-state index is 11.7. The molecular weight excluding hydrogens is 314 g/mol. The zero-order valence-electron chi connectivity index (χ0n) is 13.8. The fourth-order valence-corrected chi connectivity index (χ4v) is 1.73. The summed E-state index contributed by atoms with van der Waals surface area (Å²) in [6.07, 6.45) is 0.661. The van der Waals surface area contributed by atoms with Crippen LogP contribution < -0.4 is 20.1 Å². The largest absolute Gasteiger partial charge is 0.493 e. The van der Waals surface area contributed by atoms with Gasteiger partial charge in [-0.2, -0.15) is 5.26 Å². The van der Waals surface area contributed by atoms with E-state index in [1.807, 2.05) is 13.0 Å². The summed E-state index contributed by atoms with van der Waals surface area (Å²) >= 11 is 0. The predicted molar refractivity (Wildman–Crippen MR) is 85.9 cm³/mol. The van der Waals surface area contributed by atoms with Gasteiger partial charge in [-0.15, -0.1) is 0 Å². The first-order chi connectivity index (χ1) is 11.6. The van der Waals surface area contributed by atoms with Crippen LogP contribution >= 0.6 is 0 Å². The predicted octanol–water partition coefficient (Wildman–Crippen LogP) is 1.20. The lowest BCUT2D eigenvalue weighted by molar-refractivity contribution is -0.122. The molecular formula is C16H21N3O5. The third-order valence-electron chi connectivity index (χ3n) is 2.86. The average Bonchev–Trinajstić information content (AvgIpc) is 2.59. The zero-order chi connectivity index (χ0) is 17.8. The Labute approximate surface area is 140 Å². The second kappa shape index (κ2) is 10.9. The van der Waals surface area contributed by atoms with E-state index >= 15 is 0 Å². The van der Waals surface area contributed by atoms with Crippen LogP contribution in [0.4, 0.5) is 4.79 Å². The molecule has 0 fully saturated rings. The van der Waals surface area contributed by atoms with E-state index in [2.05, 4.69) is 10.6 Å². The monoisotopic (exact) mass is 335 g/mol. The molecule has 0 bridgehead atoms. The van der Waals surface area contributed by atoms with E-state index in [-0.39, 0.29) is 6.61 Å². The van der Waals surface area contributed by atoms with Gasteiger partial charge in [-0.3, -0.25) is 10.1 Å². The lowest BCUT2D eigenvalue weighted by Gasteiger charge is -2.11. The van der Waals surface area contributed by atoms with Gasteiger partial charge >= 0.3 is 6.03 Å². The first-order valence-electron chi connectivity index (χ1n) is 7.47. The minimum atomic E-state index is -0.594. The standard InChI is InChI=1S/C16H21N3O5/c1-3-23-8-4-7-18-16(21)19-15(20)11-24-13-6-5-12(10-17)9-14(13)22-2/h5-6,9H,3-4,7-8,11H2,1-2H3,(H2,18,19,20,21). The third kappa shape index (κ3) is 6.98. The lowest BCUT2D eigenvalue weighted by Crippen LogP contribution is -2.42. The fraction of sp³-hybridized carbons (Fsp3) is 0.438. The molecule has 1 aromatic rings. The van der Waals surface area contributed by atoms with Gasteiger partial charge < -0.3 is 19.5 Å². The summed E-state index contributed by atoms with van der Waals surface area (Å²) in [6.45, 7) is 3.12. The van der Waals surface area contributed by atoms with E-state index in [9.17, 15) is 9.59 Å². The molecule has 0 atom stereocenters. The highest BCUT2D eigenvalue weighted by Crippen LogP contribution is 2.27. The van der Waals surface area contributed by atoms with Gasteiger partial charge in [0.15, 0.2) is 18.1 Å². The maximum atomic E-state index is 11.7. The molecule has 0 aliphatic heterocycles. The fourth-order valence-electron chi connectivity index (χ4n) is 1.73. The molecule has 1 aromatic carbocycles. The number of nitrogens with zero attached hydrogens (tertiary/aromatic N) is 1. The van der Waals surface area contributed by atoms with Crippen molar-refractivity contribution in [1.82, 2.24) is 10.6 Å². The highest BCUT2D eigenvalue weighted by molar-refractivity contribution is 5.95. The second-order valence-electron chi connectivity index (χ2n) is 4.62. The molecule has 0 aliphatic rings. The molecule has 2 N–H and O–H groups in total. The summed E-state index contributed by atoms with van der Waals surface area (Å²) in [6, 6.07) is 5.95. The Bertz CT molecular complexity index is 598. The molecule has 8 heteroatoms. The molecule has 0 spiro atoms. The quantitative estimate of drug-likeness (QED) is 0.656. The molecule has 0 radical (unpaired) electrons. The molecule has 0 heterocycles. The van der Waals surface area contributed by atoms with Crippen LogP contribution in [-0.4, -0.2) is 45.4 Å². The molecule has 130 valence electrons. The number of imide groups is 1. The van der Waals surface area contributed by atoms with Crippen molar-refractivity contribution in [1.29, 1.82) is 5.26 Å². The Morgan fingerprint density at radius 1 is 1.29 bits per heavy atom. The van der Waals surface area contributed by atoms with Crippen molar-refractivity contribution >= 4 is 11.9 Å². The number of methoxy groups -OCH3 is 1. The van der Waals surface area contributed by atoms with Gasteiger partial charge in [0.25, 0.3) is 5.91 Å². The van der Waals surface area contributed by atoms with Crippen molar-refractivity contribution in [3.63, 3.8) is 0 Å². The molecule has 3 amide bonds. The Balaban J connectivity index is 2.36. The highest BCUT2D eigenvalue weighted by atomic mass is 16.5. The molecule has 1 rings (SSSR count). The zero-order valence-corrected chi connectivity index (χ0v) is 13.8. The van der Waals surface area contributed by atoms with Crippen LogP contribution in [0.25, 0.3) is 0 Å². The van der Waals surface area contributed by atoms with E-state index in [0.29, 0.717) is 43.2 Å². The third-order valence-corrected chi connectivity index (χ3v) is 2.86. The summed E-state index contributed by atoms with van der Waals surface area (Å²) in [4.78, 5) is 23.2. The number of nitrogens with one attached hydrogen (secondary N) is 2. The number of nitriles is 1. The van der Waals surface area contributed by atoms with E-state index in [4.69, 9.17) is 19.5 Å². The van der Waals surface area contributed by atoms with Gasteiger partial charge in [0.2, 0.25) is 0 Å². The molecule has 0 unspecified atom stereocenters. The molecule has 0 saturated heterocycles. The van der Waals surface area contributed by atoms with Gasteiger partial charge in [0.1, 0.15) is 0 Å². The van der Waals surface area contributed by atoms with E-state index in [1.165, 1.54) is 19.2 Å². The minimum Gasteiger partial charge on any atom is -0.493 e. The molecule has 24 heavy (non-hydrogen) atoms. The normalized spacial score (nSPS) is 9.71. The van der Waals surface area contributed by atoms with Gasteiger partial charge in [-0.1, -0.05) is 0 Å². The smallest absolute Gasteiger partial charge is 0.321 e. The number of hydrogen-bond acceptors (Lipinski definition) is 6. The maximum Gasteiger partial charge on any atom is 0.321 e. The number of benzene rings is 1. The summed E-state index contributed by atoms with van der Waals surface area (Å²) in [7, 11) is 1.43. The van der Waals surface area contributed by atoms with Gasteiger partial charge in [0.05, 0.1) is 18.7 Å². The van der Waals surface area contributed by atoms with E-state index < -0.39 is 11.9 Å². The van der Waals surface area contributed by atoms with Crippen LogP contribution in [0.5, 0.6) is 11.5 Å². The first-order valence-corrected chi connectivity index (χ1v) is 7.47. The summed E-state index contributed by atoms with van der Waals surface area (Å²) < 4.78 is 15.5. The van der Waals surface area contributed by atoms with Crippen LogP contribution in [0.3, 0.4) is 0 Å². The van der Waals surface area contributed by atoms with Crippen LogP contribution in [0, 0.1) is 11.3 Å². The number of amides is 3. The van der Waals surface area contributed by atoms with Crippen molar-refractivity contribution in [3.05, 3.63) is 23.8 Å². The van der Waals surface area contributed by atoms with Crippen molar-refractivity contribution in [2.45, 2.75) is 13.3 Å². The number of rotatable bonds is 9. The van der Waals surface area contributed by atoms with Crippen LogP contribution in [0.1, 0.15) is 18.9 Å². The van der Waals surface area contributed by atoms with Crippen molar-refractivity contribution in [2.75, 3.05) is 33.5 Å². The number of carbonyl (C=O) groups excluding carboxylic acids is 2. The number of urea groups is 1. The minimum absolute atomic E-state index is 0.309. The molecule has 0 aliphatic carbocycles. The van der Waals surface area contributed by atoms with Crippen molar-refractivity contribution in [3.8, 4) is 17.6 Å². The Morgan fingerprint density at radius 3 is 2.75 bits per heavy atom. The molecule has 8 nitrogen and oxygen atoms in total. The number of carbonyl (C=O) groups is 2. The Kier molecular flexibility index (Phi) is 8.71. The summed E-state index contributed by atoms with van der Waals surface area (Å²) in [5.41, 5.74) is 0.412. The average molecular weight is 335 g/mol. The molecule has 0 saturated carbocycles.